The van der Waals surface area contributed by atoms with Gasteiger partial charge in [0.15, 0.2) is 11.6 Å². The van der Waals surface area contributed by atoms with Gasteiger partial charge in [-0.3, -0.25) is 9.59 Å². The highest BCUT2D eigenvalue weighted by Crippen LogP contribution is 2.16. The van der Waals surface area contributed by atoms with E-state index in [4.69, 9.17) is 4.74 Å². The van der Waals surface area contributed by atoms with E-state index in [1.165, 1.54) is 0 Å². The maximum absolute atomic E-state index is 11.7. The van der Waals surface area contributed by atoms with Crippen molar-refractivity contribution in [1.29, 1.82) is 0 Å². The fraction of sp³-hybridized carbons (Fsp3) is 0.308. The van der Waals surface area contributed by atoms with Crippen LogP contribution < -0.4 is 0 Å². The topological polar surface area (TPSA) is 60.4 Å². The summed E-state index contributed by atoms with van der Waals surface area (Å²) in [4.78, 5) is 34.3. The summed E-state index contributed by atoms with van der Waals surface area (Å²) in [6.07, 6.45) is -0.848. The Hall–Kier alpha value is -1.97. The Bertz CT molecular complexity index is 457. The second-order valence-corrected chi connectivity index (χ2v) is 4.08. The van der Waals surface area contributed by atoms with Gasteiger partial charge in [-0.25, -0.2) is 4.79 Å². The molecule has 4 heteroatoms. The Labute approximate surface area is 98.6 Å². The van der Waals surface area contributed by atoms with Gasteiger partial charge < -0.3 is 4.74 Å². The Morgan fingerprint density at radius 2 is 1.65 bits per heavy atom. The summed E-state index contributed by atoms with van der Waals surface area (Å²) in [5, 5.41) is 0. The fourth-order valence-corrected chi connectivity index (χ4v) is 1.68. The number of ketones is 2. The molecule has 1 saturated carbocycles. The van der Waals surface area contributed by atoms with Crippen LogP contribution >= 0.6 is 0 Å². The van der Waals surface area contributed by atoms with Gasteiger partial charge in [0.05, 0.1) is 5.56 Å². The monoisotopic (exact) mass is 232 g/mol. The van der Waals surface area contributed by atoms with E-state index in [0.717, 1.165) is 5.56 Å². The van der Waals surface area contributed by atoms with Crippen LogP contribution in [0.15, 0.2) is 24.3 Å². The first kappa shape index (κ1) is 11.5. The zero-order valence-electron chi connectivity index (χ0n) is 9.43. The summed E-state index contributed by atoms with van der Waals surface area (Å²) in [5.74, 6) is -1.25. The number of hydrogen-bond donors (Lipinski definition) is 0. The van der Waals surface area contributed by atoms with Gasteiger partial charge in [-0.15, -0.1) is 0 Å². The molecule has 0 atom stereocenters. The van der Waals surface area contributed by atoms with E-state index in [1.807, 2.05) is 6.92 Å². The van der Waals surface area contributed by atoms with Gasteiger partial charge in [-0.1, -0.05) is 17.7 Å². The Morgan fingerprint density at radius 3 is 2.18 bits per heavy atom. The van der Waals surface area contributed by atoms with Crippen LogP contribution in [0.5, 0.6) is 0 Å². The largest absolute Gasteiger partial charge is 0.443 e. The molecule has 0 amide bonds. The highest BCUT2D eigenvalue weighted by Gasteiger charge is 2.36. The number of aryl methyl sites for hydroxylation is 1. The van der Waals surface area contributed by atoms with Crippen molar-refractivity contribution in [3.8, 4) is 0 Å². The van der Waals surface area contributed by atoms with Crippen molar-refractivity contribution in [2.75, 3.05) is 0 Å². The smallest absolute Gasteiger partial charge is 0.339 e. The minimum atomic E-state index is -1.19. The fourth-order valence-electron chi connectivity index (χ4n) is 1.68. The van der Waals surface area contributed by atoms with Crippen molar-refractivity contribution >= 4 is 17.5 Å². The molecule has 4 nitrogen and oxygen atoms in total. The average Bonchev–Trinajstić information content (AvgIpc) is 2.61. The second kappa shape index (κ2) is 4.49. The first-order valence-electron chi connectivity index (χ1n) is 5.41. The van der Waals surface area contributed by atoms with E-state index < -0.39 is 12.1 Å². The molecule has 1 aromatic carbocycles. The molecule has 0 N–H and O–H groups in total. The van der Waals surface area contributed by atoms with Gasteiger partial charge in [-0.2, -0.15) is 0 Å². The van der Waals surface area contributed by atoms with Gasteiger partial charge in [0.1, 0.15) is 0 Å². The van der Waals surface area contributed by atoms with Gasteiger partial charge in [0.25, 0.3) is 0 Å². The Kier molecular flexibility index (Phi) is 3.04. The predicted octanol–water partition coefficient (Wildman–Crippen LogP) is 1.45. The van der Waals surface area contributed by atoms with Gasteiger partial charge in [0.2, 0.25) is 6.10 Å². The molecule has 0 saturated heterocycles. The van der Waals surface area contributed by atoms with Crippen LogP contribution in [0.25, 0.3) is 0 Å². The quantitative estimate of drug-likeness (QED) is 0.572. The number of esters is 1. The second-order valence-electron chi connectivity index (χ2n) is 4.08. The Balaban J connectivity index is 2.09. The van der Waals surface area contributed by atoms with E-state index in [1.54, 1.807) is 24.3 Å². The molecule has 0 aliphatic heterocycles. The molecule has 2 rings (SSSR count). The molecule has 1 aromatic rings. The first-order valence-corrected chi connectivity index (χ1v) is 5.41. The van der Waals surface area contributed by atoms with Crippen LogP contribution in [-0.4, -0.2) is 23.6 Å². The first-order chi connectivity index (χ1) is 8.08. The van der Waals surface area contributed by atoms with Crippen molar-refractivity contribution in [2.45, 2.75) is 25.9 Å². The SMILES string of the molecule is Cc1ccc(C(=O)OC2C(=O)CCC2=O)cc1. The number of ether oxygens (including phenoxy) is 1. The lowest BCUT2D eigenvalue weighted by atomic mass is 10.1. The van der Waals surface area contributed by atoms with Crippen LogP contribution in [0.2, 0.25) is 0 Å². The lowest BCUT2D eigenvalue weighted by Gasteiger charge is -2.09. The lowest BCUT2D eigenvalue weighted by Crippen LogP contribution is -2.28. The molecule has 17 heavy (non-hydrogen) atoms. The van der Waals surface area contributed by atoms with Crippen molar-refractivity contribution in [3.05, 3.63) is 35.4 Å². The van der Waals surface area contributed by atoms with Crippen molar-refractivity contribution < 1.29 is 19.1 Å². The minimum absolute atomic E-state index is 0.171. The van der Waals surface area contributed by atoms with E-state index in [-0.39, 0.29) is 24.4 Å². The third kappa shape index (κ3) is 2.41. The zero-order valence-corrected chi connectivity index (χ0v) is 9.43. The third-order valence-corrected chi connectivity index (χ3v) is 2.71. The summed E-state index contributed by atoms with van der Waals surface area (Å²) in [6.45, 7) is 1.90. The van der Waals surface area contributed by atoms with Crippen molar-refractivity contribution in [3.63, 3.8) is 0 Å². The molecule has 0 heterocycles. The molecule has 1 aliphatic carbocycles. The van der Waals surface area contributed by atoms with E-state index in [9.17, 15) is 14.4 Å². The van der Waals surface area contributed by atoms with Crippen LogP contribution in [0.4, 0.5) is 0 Å². The normalized spacial score (nSPS) is 16.3. The summed E-state index contributed by atoms with van der Waals surface area (Å²) in [5.41, 5.74) is 1.37. The summed E-state index contributed by atoms with van der Waals surface area (Å²) in [6, 6.07) is 6.77. The number of carbonyl (C=O) groups excluding carboxylic acids is 3. The molecule has 0 aromatic heterocycles. The predicted molar refractivity (Wildman–Crippen MR) is 59.6 cm³/mol. The van der Waals surface area contributed by atoms with E-state index in [0.29, 0.717) is 5.56 Å². The van der Waals surface area contributed by atoms with Crippen LogP contribution in [0, 0.1) is 6.92 Å². The van der Waals surface area contributed by atoms with Crippen molar-refractivity contribution in [1.82, 2.24) is 0 Å². The summed E-state index contributed by atoms with van der Waals surface area (Å²) >= 11 is 0. The molecule has 0 bridgehead atoms. The lowest BCUT2D eigenvalue weighted by molar-refractivity contribution is -0.133. The molecule has 1 aliphatic rings. The number of benzene rings is 1. The van der Waals surface area contributed by atoms with Gasteiger partial charge in [-0.05, 0) is 19.1 Å². The van der Waals surface area contributed by atoms with Crippen LogP contribution in [-0.2, 0) is 14.3 Å². The van der Waals surface area contributed by atoms with Gasteiger partial charge in [0, 0.05) is 12.8 Å². The molecule has 88 valence electrons. The standard InChI is InChI=1S/C13H12O4/c1-8-2-4-9(5-3-8)13(16)17-12-10(14)6-7-11(12)15/h2-5,12H,6-7H2,1H3. The minimum Gasteiger partial charge on any atom is -0.443 e. The average molecular weight is 232 g/mol. The van der Waals surface area contributed by atoms with Crippen molar-refractivity contribution in [2.24, 2.45) is 0 Å². The van der Waals surface area contributed by atoms with Gasteiger partial charge >= 0.3 is 5.97 Å². The highest BCUT2D eigenvalue weighted by atomic mass is 16.6. The summed E-state index contributed by atoms with van der Waals surface area (Å²) < 4.78 is 4.92. The molecular formula is C13H12O4. The molecule has 0 spiro atoms. The number of rotatable bonds is 2. The molecule has 1 fully saturated rings. The number of carbonyl (C=O) groups is 3. The molecular weight excluding hydrogens is 220 g/mol. The van der Waals surface area contributed by atoms with E-state index >= 15 is 0 Å². The Morgan fingerprint density at radius 1 is 1.12 bits per heavy atom. The highest BCUT2D eigenvalue weighted by molar-refractivity contribution is 6.13. The third-order valence-electron chi connectivity index (χ3n) is 2.71. The number of hydrogen-bond acceptors (Lipinski definition) is 4. The van der Waals surface area contributed by atoms with E-state index in [2.05, 4.69) is 0 Å². The number of Topliss-reactive ketones (excluding diaryl/α,β-unsaturated/α-hetero) is 2. The maximum Gasteiger partial charge on any atom is 0.339 e. The van der Waals surface area contributed by atoms with Crippen LogP contribution in [0.1, 0.15) is 28.8 Å². The zero-order chi connectivity index (χ0) is 12.4. The molecule has 0 radical (unpaired) electrons. The molecule has 0 unspecified atom stereocenters. The summed E-state index contributed by atoms with van der Waals surface area (Å²) in [7, 11) is 0. The van der Waals surface area contributed by atoms with Crippen LogP contribution in [0.3, 0.4) is 0 Å². The maximum atomic E-state index is 11.7.